The van der Waals surface area contributed by atoms with E-state index < -0.39 is 0 Å². The third-order valence-corrected chi connectivity index (χ3v) is 5.81. The summed E-state index contributed by atoms with van der Waals surface area (Å²) in [5, 5.41) is 3.69. The van der Waals surface area contributed by atoms with Gasteiger partial charge in [-0.2, -0.15) is 0 Å². The van der Waals surface area contributed by atoms with Crippen LogP contribution in [0.3, 0.4) is 0 Å². The van der Waals surface area contributed by atoms with Crippen molar-refractivity contribution in [2.24, 2.45) is 0 Å². The van der Waals surface area contributed by atoms with Crippen LogP contribution in [0.5, 0.6) is 0 Å². The van der Waals surface area contributed by atoms with Crippen LogP contribution in [0.25, 0.3) is 0 Å². The molecule has 0 atom stereocenters. The second-order valence-electron chi connectivity index (χ2n) is 5.52. The van der Waals surface area contributed by atoms with Gasteiger partial charge in [0.25, 0.3) is 0 Å². The van der Waals surface area contributed by atoms with Crippen LogP contribution in [0, 0.1) is 0 Å². The molecule has 1 nitrogen and oxygen atoms in total. The fourth-order valence-electron chi connectivity index (χ4n) is 2.77. The second-order valence-corrected chi connectivity index (χ2v) is 7.69. The average molecular weight is 350 g/mol. The molecule has 0 aliphatic heterocycles. The number of benzene rings is 1. The molecular formula is C17H20BrNS. The molecular weight excluding hydrogens is 330 g/mol. The van der Waals surface area contributed by atoms with Crippen LogP contribution >= 0.6 is 27.3 Å². The predicted molar refractivity (Wildman–Crippen MR) is 90.4 cm³/mol. The van der Waals surface area contributed by atoms with Gasteiger partial charge >= 0.3 is 0 Å². The fourth-order valence-corrected chi connectivity index (χ4v) is 4.10. The minimum atomic E-state index is 0.686. The molecule has 20 heavy (non-hydrogen) atoms. The van der Waals surface area contributed by atoms with E-state index in [9.17, 15) is 0 Å². The number of aryl methyl sites for hydroxylation is 1. The highest BCUT2D eigenvalue weighted by Gasteiger charge is 2.29. The lowest BCUT2D eigenvalue weighted by Crippen LogP contribution is -2.39. The molecule has 1 fully saturated rings. The highest BCUT2D eigenvalue weighted by molar-refractivity contribution is 9.10. The Bertz CT molecular complexity index is 572. The average Bonchev–Trinajstić information content (AvgIpc) is 2.85. The minimum absolute atomic E-state index is 0.686. The number of halogens is 1. The first-order valence-corrected chi connectivity index (χ1v) is 8.92. The zero-order valence-corrected chi connectivity index (χ0v) is 14.1. The quantitative estimate of drug-likeness (QED) is 0.790. The maximum Gasteiger partial charge on any atom is 0.0302 e. The second kappa shape index (κ2) is 6.42. The summed E-state index contributed by atoms with van der Waals surface area (Å²) in [7, 11) is 0. The molecule has 1 N–H and O–H groups in total. The van der Waals surface area contributed by atoms with Gasteiger partial charge in [-0.3, -0.25) is 0 Å². The normalized spacial score (nSPS) is 21.7. The van der Waals surface area contributed by atoms with Crippen molar-refractivity contribution >= 4 is 27.3 Å². The number of hydrogen-bond donors (Lipinski definition) is 1. The van der Waals surface area contributed by atoms with Crippen molar-refractivity contribution < 1.29 is 0 Å². The van der Waals surface area contributed by atoms with Gasteiger partial charge in [0.05, 0.1) is 0 Å². The first-order chi connectivity index (χ1) is 9.74. The van der Waals surface area contributed by atoms with E-state index in [-0.39, 0.29) is 0 Å². The van der Waals surface area contributed by atoms with Gasteiger partial charge < -0.3 is 5.32 Å². The summed E-state index contributed by atoms with van der Waals surface area (Å²) in [4.78, 5) is 2.95. The lowest BCUT2D eigenvalue weighted by molar-refractivity contribution is 0.290. The smallest absolute Gasteiger partial charge is 0.0302 e. The molecule has 0 radical (unpaired) electrons. The van der Waals surface area contributed by atoms with E-state index in [1.165, 1.54) is 32.6 Å². The Morgan fingerprint density at radius 3 is 2.70 bits per heavy atom. The van der Waals surface area contributed by atoms with Crippen molar-refractivity contribution in [1.82, 2.24) is 5.32 Å². The third kappa shape index (κ3) is 3.33. The van der Waals surface area contributed by atoms with Crippen LogP contribution in [-0.2, 0) is 13.0 Å². The molecule has 106 valence electrons. The summed E-state index contributed by atoms with van der Waals surface area (Å²) >= 11 is 5.49. The monoisotopic (exact) mass is 349 g/mol. The molecule has 3 rings (SSSR count). The van der Waals surface area contributed by atoms with Gasteiger partial charge in [-0.1, -0.05) is 35.0 Å². The topological polar surface area (TPSA) is 12.0 Å². The van der Waals surface area contributed by atoms with Crippen molar-refractivity contribution in [2.75, 3.05) is 0 Å². The molecule has 0 amide bonds. The van der Waals surface area contributed by atoms with Crippen LogP contribution in [0.1, 0.15) is 41.0 Å². The Labute approximate surface area is 133 Å². The van der Waals surface area contributed by atoms with E-state index in [0.717, 1.165) is 18.9 Å². The van der Waals surface area contributed by atoms with Crippen LogP contribution in [-0.4, -0.2) is 6.04 Å². The summed E-state index contributed by atoms with van der Waals surface area (Å²) < 4.78 is 1.19. The van der Waals surface area contributed by atoms with Gasteiger partial charge in [-0.15, -0.1) is 11.3 Å². The Morgan fingerprint density at radius 1 is 1.20 bits per heavy atom. The van der Waals surface area contributed by atoms with Crippen LogP contribution in [0.2, 0.25) is 0 Å². The maximum atomic E-state index is 3.69. The molecule has 0 bridgehead atoms. The van der Waals surface area contributed by atoms with Gasteiger partial charge in [-0.25, -0.2) is 0 Å². The SMILES string of the molecule is CCc1ccc(CNC2CC(c3cccc(Br)c3)C2)s1. The number of rotatable bonds is 5. The summed E-state index contributed by atoms with van der Waals surface area (Å²) in [6, 6.07) is 13.9. The van der Waals surface area contributed by atoms with Gasteiger partial charge in [-0.05, 0) is 55.0 Å². The van der Waals surface area contributed by atoms with Crippen LogP contribution < -0.4 is 5.32 Å². The highest BCUT2D eigenvalue weighted by atomic mass is 79.9. The molecule has 0 spiro atoms. The number of thiophene rings is 1. The minimum Gasteiger partial charge on any atom is -0.309 e. The molecule has 0 unspecified atom stereocenters. The van der Waals surface area contributed by atoms with Crippen molar-refractivity contribution in [2.45, 2.75) is 44.7 Å². The van der Waals surface area contributed by atoms with Crippen molar-refractivity contribution in [3.8, 4) is 0 Å². The summed E-state index contributed by atoms with van der Waals surface area (Å²) in [5.74, 6) is 0.736. The largest absolute Gasteiger partial charge is 0.309 e. The Hall–Kier alpha value is -0.640. The molecule has 1 aromatic heterocycles. The zero-order chi connectivity index (χ0) is 13.9. The molecule has 1 aliphatic carbocycles. The first-order valence-electron chi connectivity index (χ1n) is 7.31. The lowest BCUT2D eigenvalue weighted by Gasteiger charge is -2.36. The highest BCUT2D eigenvalue weighted by Crippen LogP contribution is 2.37. The molecule has 0 saturated heterocycles. The summed E-state index contributed by atoms with van der Waals surface area (Å²) in [5.41, 5.74) is 1.47. The van der Waals surface area contributed by atoms with E-state index in [2.05, 4.69) is 64.6 Å². The van der Waals surface area contributed by atoms with Crippen molar-refractivity contribution in [1.29, 1.82) is 0 Å². The van der Waals surface area contributed by atoms with Crippen LogP contribution in [0.4, 0.5) is 0 Å². The van der Waals surface area contributed by atoms with Crippen molar-refractivity contribution in [3.05, 3.63) is 56.2 Å². The molecule has 2 aromatic rings. The van der Waals surface area contributed by atoms with Gasteiger partial charge in [0, 0.05) is 26.8 Å². The van der Waals surface area contributed by atoms with E-state index in [1.807, 2.05) is 11.3 Å². The predicted octanol–water partition coefficient (Wildman–Crippen LogP) is 5.11. The van der Waals surface area contributed by atoms with E-state index in [1.54, 1.807) is 0 Å². The molecule has 1 aliphatic rings. The maximum absolute atomic E-state index is 3.69. The van der Waals surface area contributed by atoms with E-state index >= 15 is 0 Å². The number of nitrogens with one attached hydrogen (secondary N) is 1. The van der Waals surface area contributed by atoms with Gasteiger partial charge in [0.1, 0.15) is 0 Å². The zero-order valence-electron chi connectivity index (χ0n) is 11.7. The molecule has 1 saturated carbocycles. The molecule has 1 aromatic carbocycles. The Morgan fingerprint density at radius 2 is 2.00 bits per heavy atom. The standard InChI is InChI=1S/C17H20BrNS/c1-2-16-6-7-17(20-16)11-19-15-9-13(10-15)12-4-3-5-14(18)8-12/h3-8,13,15,19H,2,9-11H2,1H3. The molecule has 3 heteroatoms. The van der Waals surface area contributed by atoms with Gasteiger partial charge in [0.15, 0.2) is 0 Å². The number of hydrogen-bond acceptors (Lipinski definition) is 2. The summed E-state index contributed by atoms with van der Waals surface area (Å²) in [6.07, 6.45) is 3.68. The Balaban J connectivity index is 1.46. The van der Waals surface area contributed by atoms with Crippen LogP contribution in [0.15, 0.2) is 40.9 Å². The van der Waals surface area contributed by atoms with E-state index in [0.29, 0.717) is 6.04 Å². The Kier molecular flexibility index (Phi) is 4.59. The first kappa shape index (κ1) is 14.3. The fraction of sp³-hybridized carbons (Fsp3) is 0.412. The van der Waals surface area contributed by atoms with Gasteiger partial charge in [0.2, 0.25) is 0 Å². The third-order valence-electron chi connectivity index (χ3n) is 4.09. The van der Waals surface area contributed by atoms with E-state index in [4.69, 9.17) is 0 Å². The lowest BCUT2D eigenvalue weighted by atomic mass is 9.76. The molecule has 1 heterocycles. The van der Waals surface area contributed by atoms with Crippen molar-refractivity contribution in [3.63, 3.8) is 0 Å². The summed E-state index contributed by atoms with van der Waals surface area (Å²) in [6.45, 7) is 3.25.